The normalized spacial score (nSPS) is 10.0. The van der Waals surface area contributed by atoms with Crippen molar-refractivity contribution in [2.45, 2.75) is 0 Å². The van der Waals surface area contributed by atoms with Gasteiger partial charge in [-0.1, -0.05) is 15.9 Å². The predicted octanol–water partition coefficient (Wildman–Crippen LogP) is 4.30. The maximum atomic E-state index is 13.7. The summed E-state index contributed by atoms with van der Waals surface area (Å²) >= 11 is 3.16. The first-order chi connectivity index (χ1) is 9.92. The van der Waals surface area contributed by atoms with Crippen LogP contribution in [0.5, 0.6) is 11.5 Å². The fraction of sp³-hybridized carbons (Fsp3) is 0. The predicted molar refractivity (Wildman–Crippen MR) is 71.9 cm³/mol. The van der Waals surface area contributed by atoms with Crippen LogP contribution in [-0.2, 0) is 0 Å². The monoisotopic (exact) mass is 354 g/mol. The van der Waals surface area contributed by atoms with Gasteiger partial charge in [0.2, 0.25) is 5.82 Å². The van der Waals surface area contributed by atoms with Gasteiger partial charge in [-0.2, -0.15) is 9.65 Å². The van der Waals surface area contributed by atoms with Gasteiger partial charge >= 0.3 is 5.69 Å². The summed E-state index contributed by atoms with van der Waals surface area (Å²) < 4.78 is 32.9. The van der Waals surface area contributed by atoms with Crippen LogP contribution >= 0.6 is 15.9 Å². The second-order valence-electron chi connectivity index (χ2n) is 3.85. The highest BCUT2D eigenvalue weighted by atomic mass is 79.9. The van der Waals surface area contributed by atoms with E-state index in [0.717, 1.165) is 0 Å². The Kier molecular flexibility index (Phi) is 4.14. The molecule has 0 aliphatic rings. The summed E-state index contributed by atoms with van der Waals surface area (Å²) in [5, 5.41) is 19.4. The van der Waals surface area contributed by atoms with Crippen LogP contribution in [-0.4, -0.2) is 4.92 Å². The molecule has 0 heterocycles. The molecular weight excluding hydrogens is 350 g/mol. The lowest BCUT2D eigenvalue weighted by atomic mass is 10.2. The quantitative estimate of drug-likeness (QED) is 0.608. The number of nitro benzene ring substituents is 1. The second-order valence-corrected chi connectivity index (χ2v) is 4.76. The van der Waals surface area contributed by atoms with Crippen LogP contribution in [0.3, 0.4) is 0 Å². The summed E-state index contributed by atoms with van der Waals surface area (Å²) in [5.74, 6) is -2.89. The Hall–Kier alpha value is -2.53. The van der Waals surface area contributed by atoms with Crippen LogP contribution in [0.4, 0.5) is 14.5 Å². The fourth-order valence-electron chi connectivity index (χ4n) is 1.53. The molecule has 106 valence electrons. The number of hydrogen-bond acceptors (Lipinski definition) is 4. The standard InChI is InChI=1S/C13H5BrF2N2O3/c14-8-2-1-7(6-17)12(3-8)21-13-5-9(15)11(18(19)20)4-10(13)16/h1-5H. The van der Waals surface area contributed by atoms with Crippen LogP contribution in [0.2, 0.25) is 0 Å². The number of halogens is 3. The number of nitriles is 1. The highest BCUT2D eigenvalue weighted by Gasteiger charge is 2.20. The van der Waals surface area contributed by atoms with Crippen molar-refractivity contribution in [2.75, 3.05) is 0 Å². The molecule has 0 saturated heterocycles. The smallest absolute Gasteiger partial charge is 0.307 e. The zero-order valence-electron chi connectivity index (χ0n) is 10.1. The van der Waals surface area contributed by atoms with Crippen LogP contribution in [0.1, 0.15) is 5.56 Å². The molecule has 8 heteroatoms. The zero-order valence-corrected chi connectivity index (χ0v) is 11.7. The van der Waals surface area contributed by atoms with E-state index >= 15 is 0 Å². The van der Waals surface area contributed by atoms with Crippen molar-refractivity contribution in [3.63, 3.8) is 0 Å². The molecule has 0 aliphatic heterocycles. The Balaban J connectivity index is 2.46. The van der Waals surface area contributed by atoms with Gasteiger partial charge in [-0.15, -0.1) is 0 Å². The molecule has 2 rings (SSSR count). The molecule has 0 spiro atoms. The Labute approximate surface area is 125 Å². The average molecular weight is 355 g/mol. The largest absolute Gasteiger partial charge is 0.453 e. The Bertz CT molecular complexity index is 775. The lowest BCUT2D eigenvalue weighted by molar-refractivity contribution is -0.387. The topological polar surface area (TPSA) is 76.2 Å². The van der Waals surface area contributed by atoms with Crippen molar-refractivity contribution in [3.05, 3.63) is 62.1 Å². The number of nitro groups is 1. The van der Waals surface area contributed by atoms with Gasteiger partial charge in [-0.05, 0) is 18.2 Å². The molecule has 0 N–H and O–H groups in total. The lowest BCUT2D eigenvalue weighted by Crippen LogP contribution is -1.97. The third-order valence-electron chi connectivity index (χ3n) is 2.48. The van der Waals surface area contributed by atoms with Crippen molar-refractivity contribution in [2.24, 2.45) is 0 Å². The molecular formula is C13H5BrF2N2O3. The summed E-state index contributed by atoms with van der Waals surface area (Å²) in [6.45, 7) is 0. The molecule has 0 aliphatic carbocycles. The van der Waals surface area contributed by atoms with E-state index in [4.69, 9.17) is 10.00 Å². The minimum Gasteiger partial charge on any atom is -0.453 e. The first kappa shape index (κ1) is 14.9. The van der Waals surface area contributed by atoms with Gasteiger partial charge < -0.3 is 4.74 Å². The summed E-state index contributed by atoms with van der Waals surface area (Å²) in [6, 6.07) is 7.24. The van der Waals surface area contributed by atoms with Crippen LogP contribution in [0.25, 0.3) is 0 Å². The van der Waals surface area contributed by atoms with Crippen molar-refractivity contribution in [1.29, 1.82) is 5.26 Å². The van der Waals surface area contributed by atoms with Crippen LogP contribution in [0.15, 0.2) is 34.8 Å². The van der Waals surface area contributed by atoms with Gasteiger partial charge in [-0.3, -0.25) is 10.1 Å². The molecule has 0 fully saturated rings. The van der Waals surface area contributed by atoms with Crippen LogP contribution in [0, 0.1) is 33.1 Å². The second kappa shape index (κ2) is 5.85. The highest BCUT2D eigenvalue weighted by Crippen LogP contribution is 2.32. The third kappa shape index (κ3) is 3.14. The van der Waals surface area contributed by atoms with Gasteiger partial charge in [-0.25, -0.2) is 4.39 Å². The number of hydrogen-bond donors (Lipinski definition) is 0. The van der Waals surface area contributed by atoms with E-state index < -0.39 is 28.0 Å². The first-order valence-corrected chi connectivity index (χ1v) is 6.22. The molecule has 0 amide bonds. The SMILES string of the molecule is N#Cc1ccc(Br)cc1Oc1cc(F)c([N+](=O)[O-])cc1F. The zero-order chi connectivity index (χ0) is 15.6. The molecule has 0 radical (unpaired) electrons. The Morgan fingerprint density at radius 2 is 1.90 bits per heavy atom. The minimum atomic E-state index is -1.23. The Morgan fingerprint density at radius 3 is 2.52 bits per heavy atom. The summed E-state index contributed by atoms with van der Waals surface area (Å²) in [5.41, 5.74) is -0.883. The molecule has 5 nitrogen and oxygen atoms in total. The van der Waals surface area contributed by atoms with Crippen molar-refractivity contribution >= 4 is 21.6 Å². The summed E-state index contributed by atoms with van der Waals surface area (Å²) in [6.07, 6.45) is 0. The van der Waals surface area contributed by atoms with Crippen molar-refractivity contribution in [3.8, 4) is 17.6 Å². The Morgan fingerprint density at radius 1 is 1.19 bits per heavy atom. The molecule has 0 bridgehead atoms. The average Bonchev–Trinajstić information content (AvgIpc) is 2.42. The fourth-order valence-corrected chi connectivity index (χ4v) is 1.87. The van der Waals surface area contributed by atoms with E-state index in [0.29, 0.717) is 16.6 Å². The summed E-state index contributed by atoms with van der Waals surface area (Å²) in [4.78, 5) is 9.46. The van der Waals surface area contributed by atoms with Crippen molar-refractivity contribution in [1.82, 2.24) is 0 Å². The molecule has 0 unspecified atom stereocenters. The highest BCUT2D eigenvalue weighted by molar-refractivity contribution is 9.10. The maximum absolute atomic E-state index is 13.7. The van der Waals surface area contributed by atoms with Crippen molar-refractivity contribution < 1.29 is 18.4 Å². The molecule has 2 aromatic carbocycles. The van der Waals surface area contributed by atoms with Gasteiger partial charge in [0.25, 0.3) is 0 Å². The van der Waals surface area contributed by atoms with E-state index in [1.807, 2.05) is 6.07 Å². The van der Waals surface area contributed by atoms with Gasteiger partial charge in [0, 0.05) is 10.5 Å². The van der Waals surface area contributed by atoms with E-state index in [1.165, 1.54) is 12.1 Å². The molecule has 0 saturated carbocycles. The number of rotatable bonds is 3. The molecule has 0 aromatic heterocycles. The first-order valence-electron chi connectivity index (χ1n) is 5.43. The maximum Gasteiger partial charge on any atom is 0.307 e. The van der Waals surface area contributed by atoms with E-state index in [-0.39, 0.29) is 11.3 Å². The number of benzene rings is 2. The number of ether oxygens (including phenoxy) is 1. The summed E-state index contributed by atoms with van der Waals surface area (Å²) in [7, 11) is 0. The lowest BCUT2D eigenvalue weighted by Gasteiger charge is -2.09. The van der Waals surface area contributed by atoms with Crippen LogP contribution < -0.4 is 4.74 Å². The van der Waals surface area contributed by atoms with Gasteiger partial charge in [0.15, 0.2) is 11.6 Å². The number of nitrogens with zero attached hydrogens (tertiary/aromatic N) is 2. The van der Waals surface area contributed by atoms with Gasteiger partial charge in [0.1, 0.15) is 11.8 Å². The third-order valence-corrected chi connectivity index (χ3v) is 2.98. The molecule has 21 heavy (non-hydrogen) atoms. The van der Waals surface area contributed by atoms with Gasteiger partial charge in [0.05, 0.1) is 16.6 Å². The molecule has 0 atom stereocenters. The minimum absolute atomic E-state index is 0.000900. The van der Waals surface area contributed by atoms with E-state index in [1.54, 1.807) is 6.07 Å². The van der Waals surface area contributed by atoms with E-state index in [2.05, 4.69) is 15.9 Å². The molecule has 2 aromatic rings. The van der Waals surface area contributed by atoms with E-state index in [9.17, 15) is 18.9 Å².